The highest BCUT2D eigenvalue weighted by Crippen LogP contribution is 2.21. The minimum atomic E-state index is 0.561. The highest BCUT2D eigenvalue weighted by atomic mass is 16.5. The summed E-state index contributed by atoms with van der Waals surface area (Å²) >= 11 is 0. The minimum absolute atomic E-state index is 0.561. The quantitative estimate of drug-likeness (QED) is 0.728. The maximum atomic E-state index is 5.51. The maximum absolute atomic E-state index is 5.51. The van der Waals surface area contributed by atoms with Crippen molar-refractivity contribution >= 4 is 10.9 Å². The Hall–Kier alpha value is -1.35. The summed E-state index contributed by atoms with van der Waals surface area (Å²) in [6, 6.07) is 6.59. The molecule has 0 spiro atoms. The van der Waals surface area contributed by atoms with E-state index in [0.29, 0.717) is 5.92 Å². The fourth-order valence-corrected chi connectivity index (χ4v) is 2.04. The second-order valence-corrected chi connectivity index (χ2v) is 4.95. The third-order valence-electron chi connectivity index (χ3n) is 3.13. The van der Waals surface area contributed by atoms with Gasteiger partial charge in [-0.1, -0.05) is 26.8 Å². The molecule has 2 rings (SSSR count). The summed E-state index contributed by atoms with van der Waals surface area (Å²) < 4.78 is 7.53. The molecule has 0 fully saturated rings. The van der Waals surface area contributed by atoms with Crippen molar-refractivity contribution in [2.75, 3.05) is 13.2 Å². The third-order valence-corrected chi connectivity index (χ3v) is 3.13. The minimum Gasteiger partial charge on any atom is -0.380 e. The molecule has 0 unspecified atom stereocenters. The first kappa shape index (κ1) is 13.1. The zero-order valence-electron chi connectivity index (χ0n) is 11.5. The number of benzene rings is 1. The van der Waals surface area contributed by atoms with E-state index in [1.54, 1.807) is 0 Å². The van der Waals surface area contributed by atoms with Gasteiger partial charge in [0.05, 0.1) is 24.9 Å². The van der Waals surface area contributed by atoms with Gasteiger partial charge in [0, 0.05) is 12.0 Å². The van der Waals surface area contributed by atoms with Crippen molar-refractivity contribution in [3.05, 3.63) is 30.0 Å². The molecule has 0 saturated carbocycles. The van der Waals surface area contributed by atoms with Gasteiger partial charge in [0.15, 0.2) is 0 Å². The van der Waals surface area contributed by atoms with Crippen LogP contribution in [0.15, 0.2) is 24.4 Å². The monoisotopic (exact) mass is 246 g/mol. The van der Waals surface area contributed by atoms with Crippen molar-refractivity contribution < 1.29 is 4.74 Å². The Kier molecular flexibility index (Phi) is 4.37. The van der Waals surface area contributed by atoms with Gasteiger partial charge < -0.3 is 4.74 Å². The van der Waals surface area contributed by atoms with Crippen LogP contribution in [-0.4, -0.2) is 23.0 Å². The van der Waals surface area contributed by atoms with Gasteiger partial charge in [0.2, 0.25) is 0 Å². The summed E-state index contributed by atoms with van der Waals surface area (Å²) in [5, 5.41) is 5.65. The molecule has 18 heavy (non-hydrogen) atoms. The van der Waals surface area contributed by atoms with Gasteiger partial charge in [0.1, 0.15) is 0 Å². The van der Waals surface area contributed by atoms with Gasteiger partial charge in [0.25, 0.3) is 0 Å². The van der Waals surface area contributed by atoms with Gasteiger partial charge >= 0.3 is 0 Å². The summed E-state index contributed by atoms with van der Waals surface area (Å²) in [5.41, 5.74) is 2.56. The van der Waals surface area contributed by atoms with Crippen LogP contribution in [0.2, 0.25) is 0 Å². The van der Waals surface area contributed by atoms with Gasteiger partial charge in [-0.15, -0.1) is 0 Å². The second-order valence-electron chi connectivity index (χ2n) is 4.95. The first-order chi connectivity index (χ1) is 8.72. The summed E-state index contributed by atoms with van der Waals surface area (Å²) in [5.74, 6) is 0.561. The number of rotatable bonds is 6. The lowest BCUT2D eigenvalue weighted by molar-refractivity contribution is 0.125. The lowest BCUT2D eigenvalue weighted by Crippen LogP contribution is -2.07. The fourth-order valence-electron chi connectivity index (χ4n) is 2.04. The SMILES string of the molecule is CCCOCCn1ncc2cc(C(C)C)ccc21. The van der Waals surface area contributed by atoms with Crippen molar-refractivity contribution in [1.29, 1.82) is 0 Å². The fraction of sp³-hybridized carbons (Fsp3) is 0.533. The lowest BCUT2D eigenvalue weighted by Gasteiger charge is -2.07. The molecule has 0 aliphatic rings. The van der Waals surface area contributed by atoms with E-state index < -0.39 is 0 Å². The van der Waals surface area contributed by atoms with Crippen LogP contribution in [0.5, 0.6) is 0 Å². The molecule has 0 N–H and O–H groups in total. The Morgan fingerprint density at radius 2 is 2.11 bits per heavy atom. The Morgan fingerprint density at radius 3 is 2.83 bits per heavy atom. The number of fused-ring (bicyclic) bond motifs is 1. The molecule has 98 valence electrons. The van der Waals surface area contributed by atoms with Crippen molar-refractivity contribution in [2.24, 2.45) is 0 Å². The number of hydrogen-bond donors (Lipinski definition) is 0. The number of nitrogens with zero attached hydrogens (tertiary/aromatic N) is 2. The Labute approximate surface area is 109 Å². The van der Waals surface area contributed by atoms with Crippen LogP contribution in [0, 0.1) is 0 Å². The molecule has 3 nitrogen and oxygen atoms in total. The van der Waals surface area contributed by atoms with E-state index in [1.807, 2.05) is 10.9 Å². The van der Waals surface area contributed by atoms with Crippen LogP contribution in [0.25, 0.3) is 10.9 Å². The van der Waals surface area contributed by atoms with E-state index in [2.05, 4.69) is 44.1 Å². The molecule has 3 heteroatoms. The molecule has 2 aromatic rings. The van der Waals surface area contributed by atoms with Crippen molar-refractivity contribution in [3.8, 4) is 0 Å². The van der Waals surface area contributed by atoms with Crippen molar-refractivity contribution in [1.82, 2.24) is 9.78 Å². The average Bonchev–Trinajstić information content (AvgIpc) is 2.77. The zero-order chi connectivity index (χ0) is 13.0. The average molecular weight is 246 g/mol. The van der Waals surface area contributed by atoms with E-state index >= 15 is 0 Å². The van der Waals surface area contributed by atoms with Crippen LogP contribution in [-0.2, 0) is 11.3 Å². The molecule has 0 amide bonds. The number of aromatic nitrogens is 2. The van der Waals surface area contributed by atoms with Crippen molar-refractivity contribution in [3.63, 3.8) is 0 Å². The van der Waals surface area contributed by atoms with Crippen LogP contribution >= 0.6 is 0 Å². The van der Waals surface area contributed by atoms with E-state index in [0.717, 1.165) is 26.2 Å². The smallest absolute Gasteiger partial charge is 0.0683 e. The summed E-state index contributed by atoms with van der Waals surface area (Å²) in [6.45, 7) is 8.93. The van der Waals surface area contributed by atoms with Crippen molar-refractivity contribution in [2.45, 2.75) is 39.7 Å². The van der Waals surface area contributed by atoms with Gasteiger partial charge in [-0.3, -0.25) is 4.68 Å². The Bertz CT molecular complexity index is 502. The second kappa shape index (κ2) is 6.01. The third kappa shape index (κ3) is 2.91. The van der Waals surface area contributed by atoms with E-state index in [4.69, 9.17) is 4.74 Å². The lowest BCUT2D eigenvalue weighted by atomic mass is 10.0. The zero-order valence-corrected chi connectivity index (χ0v) is 11.5. The highest BCUT2D eigenvalue weighted by Gasteiger charge is 2.05. The Balaban J connectivity index is 2.11. The maximum Gasteiger partial charge on any atom is 0.0683 e. The number of ether oxygens (including phenoxy) is 1. The van der Waals surface area contributed by atoms with Gasteiger partial charge in [-0.25, -0.2) is 0 Å². The summed E-state index contributed by atoms with van der Waals surface area (Å²) in [4.78, 5) is 0. The molecule has 0 aliphatic carbocycles. The largest absolute Gasteiger partial charge is 0.380 e. The molecule has 0 atom stereocenters. The van der Waals surface area contributed by atoms with Crippen LogP contribution in [0.3, 0.4) is 0 Å². The van der Waals surface area contributed by atoms with E-state index in [9.17, 15) is 0 Å². The first-order valence-electron chi connectivity index (χ1n) is 6.75. The molecule has 1 aromatic carbocycles. The molecule has 0 aliphatic heterocycles. The predicted octanol–water partition coefficient (Wildman–Crippen LogP) is 3.59. The van der Waals surface area contributed by atoms with Gasteiger partial charge in [-0.05, 0) is 30.0 Å². The topological polar surface area (TPSA) is 27.1 Å². The highest BCUT2D eigenvalue weighted by molar-refractivity contribution is 5.79. The molecular formula is C15H22N2O. The van der Waals surface area contributed by atoms with Crippen LogP contribution in [0.4, 0.5) is 0 Å². The molecule has 0 radical (unpaired) electrons. The van der Waals surface area contributed by atoms with E-state index in [-0.39, 0.29) is 0 Å². The van der Waals surface area contributed by atoms with Crippen LogP contribution in [0.1, 0.15) is 38.7 Å². The normalized spacial score (nSPS) is 11.6. The molecule has 0 bridgehead atoms. The summed E-state index contributed by atoms with van der Waals surface area (Å²) in [7, 11) is 0. The standard InChI is InChI=1S/C15H22N2O/c1-4-8-18-9-7-17-15-6-5-13(12(2)3)10-14(15)11-16-17/h5-6,10-12H,4,7-9H2,1-3H3. The predicted molar refractivity (Wildman–Crippen MR) is 74.9 cm³/mol. The molecule has 1 aromatic heterocycles. The summed E-state index contributed by atoms with van der Waals surface area (Å²) in [6.07, 6.45) is 3.01. The van der Waals surface area contributed by atoms with E-state index in [1.165, 1.54) is 16.5 Å². The van der Waals surface area contributed by atoms with Gasteiger partial charge in [-0.2, -0.15) is 5.10 Å². The molecule has 0 saturated heterocycles. The number of hydrogen-bond acceptors (Lipinski definition) is 2. The molecular weight excluding hydrogens is 224 g/mol. The first-order valence-corrected chi connectivity index (χ1v) is 6.75. The molecule has 1 heterocycles. The Morgan fingerprint density at radius 1 is 1.28 bits per heavy atom. The van der Waals surface area contributed by atoms with Crippen LogP contribution < -0.4 is 0 Å².